The SMILES string of the molecule is COc1ccccc1CNC(=O)C=Cc1cc2cc(C)ccc2o1. The monoisotopic (exact) mass is 321 g/mol. The summed E-state index contributed by atoms with van der Waals surface area (Å²) in [5.74, 6) is 1.23. The molecule has 0 spiro atoms. The van der Waals surface area contributed by atoms with E-state index in [9.17, 15) is 4.79 Å². The predicted octanol–water partition coefficient (Wildman–Crippen LogP) is 4.08. The summed E-state index contributed by atoms with van der Waals surface area (Å²) >= 11 is 0. The molecule has 1 heterocycles. The van der Waals surface area contributed by atoms with Gasteiger partial charge in [0.2, 0.25) is 5.91 Å². The Hall–Kier alpha value is -3.01. The van der Waals surface area contributed by atoms with Gasteiger partial charge in [-0.05, 0) is 37.3 Å². The largest absolute Gasteiger partial charge is 0.496 e. The third kappa shape index (κ3) is 3.66. The highest BCUT2D eigenvalue weighted by atomic mass is 16.5. The average Bonchev–Trinajstić information content (AvgIpc) is 3.00. The Labute approximate surface area is 140 Å². The van der Waals surface area contributed by atoms with Gasteiger partial charge >= 0.3 is 0 Å². The molecule has 0 fully saturated rings. The van der Waals surface area contributed by atoms with Gasteiger partial charge in [-0.3, -0.25) is 4.79 Å². The van der Waals surface area contributed by atoms with Crippen molar-refractivity contribution < 1.29 is 13.9 Å². The summed E-state index contributed by atoms with van der Waals surface area (Å²) in [6.07, 6.45) is 3.15. The molecule has 1 N–H and O–H groups in total. The lowest BCUT2D eigenvalue weighted by Gasteiger charge is -2.08. The number of para-hydroxylation sites is 1. The number of ether oxygens (including phenoxy) is 1. The minimum absolute atomic E-state index is 0.183. The maximum atomic E-state index is 12.0. The molecular weight excluding hydrogens is 302 g/mol. The molecule has 122 valence electrons. The molecule has 3 aromatic rings. The van der Waals surface area contributed by atoms with Gasteiger partial charge in [0.05, 0.1) is 7.11 Å². The van der Waals surface area contributed by atoms with Crippen molar-refractivity contribution in [2.45, 2.75) is 13.5 Å². The lowest BCUT2D eigenvalue weighted by molar-refractivity contribution is -0.116. The summed E-state index contributed by atoms with van der Waals surface area (Å²) in [5, 5.41) is 3.87. The summed E-state index contributed by atoms with van der Waals surface area (Å²) in [6.45, 7) is 2.44. The van der Waals surface area contributed by atoms with E-state index in [0.717, 1.165) is 22.3 Å². The summed E-state index contributed by atoms with van der Waals surface area (Å²) in [7, 11) is 1.61. The zero-order valence-corrected chi connectivity index (χ0v) is 13.7. The van der Waals surface area contributed by atoms with Gasteiger partial charge in [0.25, 0.3) is 0 Å². The van der Waals surface area contributed by atoms with Gasteiger partial charge in [-0.25, -0.2) is 0 Å². The third-order valence-electron chi connectivity index (χ3n) is 3.74. The molecule has 0 atom stereocenters. The summed E-state index contributed by atoms with van der Waals surface area (Å²) in [4.78, 5) is 12.0. The van der Waals surface area contributed by atoms with Crippen molar-refractivity contribution in [3.63, 3.8) is 0 Å². The number of amides is 1. The highest BCUT2D eigenvalue weighted by Crippen LogP contribution is 2.21. The average molecular weight is 321 g/mol. The van der Waals surface area contributed by atoms with E-state index in [2.05, 4.69) is 11.4 Å². The standard InChI is InChI=1S/C20H19NO3/c1-14-7-9-19-16(11-14)12-17(24-19)8-10-20(22)21-13-15-5-3-4-6-18(15)23-2/h3-12H,13H2,1-2H3,(H,21,22). The van der Waals surface area contributed by atoms with Gasteiger partial charge in [0, 0.05) is 23.6 Å². The molecule has 0 bridgehead atoms. The molecular formula is C20H19NO3. The summed E-state index contributed by atoms with van der Waals surface area (Å²) in [6, 6.07) is 15.5. The number of fused-ring (bicyclic) bond motifs is 1. The van der Waals surface area contributed by atoms with Gasteiger partial charge in [0.1, 0.15) is 17.1 Å². The molecule has 4 nitrogen and oxygen atoms in total. The molecule has 0 aliphatic carbocycles. The zero-order chi connectivity index (χ0) is 16.9. The fourth-order valence-corrected chi connectivity index (χ4v) is 2.51. The Morgan fingerprint density at radius 2 is 2.04 bits per heavy atom. The number of carbonyl (C=O) groups is 1. The molecule has 0 saturated carbocycles. The van der Waals surface area contributed by atoms with E-state index in [4.69, 9.17) is 9.15 Å². The van der Waals surface area contributed by atoms with Crippen LogP contribution in [0.2, 0.25) is 0 Å². The molecule has 2 aromatic carbocycles. The first-order valence-corrected chi connectivity index (χ1v) is 7.74. The number of furan rings is 1. The van der Waals surface area contributed by atoms with E-state index in [1.807, 2.05) is 49.4 Å². The van der Waals surface area contributed by atoms with Gasteiger partial charge in [-0.15, -0.1) is 0 Å². The van der Waals surface area contributed by atoms with E-state index in [0.29, 0.717) is 12.3 Å². The Morgan fingerprint density at radius 3 is 2.88 bits per heavy atom. The van der Waals surface area contributed by atoms with Gasteiger partial charge in [-0.2, -0.15) is 0 Å². The Balaban J connectivity index is 1.64. The molecule has 4 heteroatoms. The minimum Gasteiger partial charge on any atom is -0.496 e. The van der Waals surface area contributed by atoms with E-state index in [-0.39, 0.29) is 5.91 Å². The number of hydrogen-bond acceptors (Lipinski definition) is 3. The molecule has 0 aliphatic heterocycles. The lowest BCUT2D eigenvalue weighted by Crippen LogP contribution is -2.20. The van der Waals surface area contributed by atoms with Crippen LogP contribution in [-0.4, -0.2) is 13.0 Å². The van der Waals surface area contributed by atoms with Gasteiger partial charge in [-0.1, -0.05) is 29.8 Å². The molecule has 0 radical (unpaired) electrons. The molecule has 0 aliphatic rings. The van der Waals surface area contributed by atoms with E-state index < -0.39 is 0 Å². The number of hydrogen-bond donors (Lipinski definition) is 1. The molecule has 0 unspecified atom stereocenters. The first-order valence-electron chi connectivity index (χ1n) is 7.74. The fraction of sp³-hybridized carbons (Fsp3) is 0.150. The summed E-state index contributed by atoms with van der Waals surface area (Å²) in [5.41, 5.74) is 2.92. The number of nitrogens with one attached hydrogen (secondary N) is 1. The maximum Gasteiger partial charge on any atom is 0.244 e. The maximum absolute atomic E-state index is 12.0. The quantitative estimate of drug-likeness (QED) is 0.720. The number of rotatable bonds is 5. The van der Waals surface area contributed by atoms with Crippen molar-refractivity contribution in [2.75, 3.05) is 7.11 Å². The normalized spacial score (nSPS) is 11.1. The van der Waals surface area contributed by atoms with Crippen molar-refractivity contribution >= 4 is 23.0 Å². The Kier molecular flexibility index (Phi) is 4.66. The lowest BCUT2D eigenvalue weighted by atomic mass is 10.2. The first-order chi connectivity index (χ1) is 11.7. The number of methoxy groups -OCH3 is 1. The second-order valence-electron chi connectivity index (χ2n) is 5.55. The van der Waals surface area contributed by atoms with Crippen LogP contribution in [0, 0.1) is 6.92 Å². The van der Waals surface area contributed by atoms with Crippen LogP contribution in [0.4, 0.5) is 0 Å². The predicted molar refractivity (Wildman–Crippen MR) is 94.8 cm³/mol. The van der Waals surface area contributed by atoms with Crippen molar-refractivity contribution in [3.8, 4) is 5.75 Å². The van der Waals surface area contributed by atoms with Crippen LogP contribution in [0.15, 0.2) is 59.0 Å². The minimum atomic E-state index is -0.183. The topological polar surface area (TPSA) is 51.5 Å². The number of carbonyl (C=O) groups excluding carboxylic acids is 1. The smallest absolute Gasteiger partial charge is 0.244 e. The van der Waals surface area contributed by atoms with Crippen molar-refractivity contribution in [1.29, 1.82) is 0 Å². The molecule has 24 heavy (non-hydrogen) atoms. The van der Waals surface area contributed by atoms with Gasteiger partial charge in [0.15, 0.2) is 0 Å². The Bertz CT molecular complexity index is 893. The number of benzene rings is 2. The van der Waals surface area contributed by atoms with Crippen LogP contribution in [-0.2, 0) is 11.3 Å². The third-order valence-corrected chi connectivity index (χ3v) is 3.74. The second-order valence-corrected chi connectivity index (χ2v) is 5.55. The van der Waals surface area contributed by atoms with Crippen LogP contribution in [0.1, 0.15) is 16.9 Å². The Morgan fingerprint density at radius 1 is 1.21 bits per heavy atom. The second kappa shape index (κ2) is 7.04. The molecule has 0 saturated heterocycles. The highest BCUT2D eigenvalue weighted by Gasteiger charge is 2.04. The van der Waals surface area contributed by atoms with Crippen LogP contribution in [0.3, 0.4) is 0 Å². The van der Waals surface area contributed by atoms with Crippen LogP contribution in [0.25, 0.3) is 17.0 Å². The molecule has 1 aromatic heterocycles. The van der Waals surface area contributed by atoms with Crippen molar-refractivity contribution in [3.05, 3.63) is 71.5 Å². The van der Waals surface area contributed by atoms with Crippen LogP contribution >= 0.6 is 0 Å². The molecule has 3 rings (SSSR count). The zero-order valence-electron chi connectivity index (χ0n) is 13.7. The van der Waals surface area contributed by atoms with E-state index in [1.54, 1.807) is 13.2 Å². The van der Waals surface area contributed by atoms with Crippen molar-refractivity contribution in [2.24, 2.45) is 0 Å². The van der Waals surface area contributed by atoms with Crippen molar-refractivity contribution in [1.82, 2.24) is 5.32 Å². The summed E-state index contributed by atoms with van der Waals surface area (Å²) < 4.78 is 11.0. The highest BCUT2D eigenvalue weighted by molar-refractivity contribution is 5.92. The van der Waals surface area contributed by atoms with Crippen LogP contribution in [0.5, 0.6) is 5.75 Å². The number of aryl methyl sites for hydroxylation is 1. The first kappa shape index (κ1) is 15.9. The van der Waals surface area contributed by atoms with E-state index >= 15 is 0 Å². The van der Waals surface area contributed by atoms with Gasteiger partial charge < -0.3 is 14.5 Å². The van der Waals surface area contributed by atoms with Crippen LogP contribution < -0.4 is 10.1 Å². The fourth-order valence-electron chi connectivity index (χ4n) is 2.51. The molecule has 1 amide bonds. The van der Waals surface area contributed by atoms with E-state index in [1.165, 1.54) is 11.6 Å².